The summed E-state index contributed by atoms with van der Waals surface area (Å²) in [6.45, 7) is 4.66. The van der Waals surface area contributed by atoms with Crippen LogP contribution in [0.1, 0.15) is 65.2 Å². The molecule has 0 bridgehead atoms. The Hall–Kier alpha value is -1.65. The van der Waals surface area contributed by atoms with E-state index in [2.05, 4.69) is 6.92 Å². The molecule has 0 aromatic carbocycles. The number of hydrogen-bond acceptors (Lipinski definition) is 4. The van der Waals surface area contributed by atoms with Crippen LogP contribution in [0.25, 0.3) is 0 Å². The van der Waals surface area contributed by atoms with Crippen molar-refractivity contribution < 1.29 is 24.2 Å². The van der Waals surface area contributed by atoms with Crippen molar-refractivity contribution in [2.45, 2.75) is 70.8 Å². The van der Waals surface area contributed by atoms with E-state index in [0.29, 0.717) is 31.1 Å². The molecule has 6 atom stereocenters. The maximum absolute atomic E-state index is 12.1. The van der Waals surface area contributed by atoms with E-state index in [1.807, 2.05) is 13.0 Å². The summed E-state index contributed by atoms with van der Waals surface area (Å²) in [5.74, 6) is 0.448. The molecule has 0 heterocycles. The van der Waals surface area contributed by atoms with Crippen LogP contribution in [-0.4, -0.2) is 28.9 Å². The molecule has 0 saturated heterocycles. The number of aliphatic carboxylic acids is 1. The first-order valence-corrected chi connectivity index (χ1v) is 9.87. The minimum Gasteiger partial charge on any atom is -0.478 e. The first-order chi connectivity index (χ1) is 12.3. The molecule has 0 amide bonds. The molecule has 0 radical (unpaired) electrons. The Morgan fingerprint density at radius 2 is 1.88 bits per heavy atom. The third kappa shape index (κ3) is 2.06. The summed E-state index contributed by atoms with van der Waals surface area (Å²) in [5, 5.41) is 9.93. The number of carboxylic acids is 1. The van der Waals surface area contributed by atoms with E-state index in [1.54, 1.807) is 0 Å². The highest BCUT2D eigenvalue weighted by Gasteiger charge is 2.68. The van der Waals surface area contributed by atoms with Crippen LogP contribution in [0.5, 0.6) is 0 Å². The van der Waals surface area contributed by atoms with E-state index in [-0.39, 0.29) is 17.1 Å². The van der Waals surface area contributed by atoms with E-state index in [4.69, 9.17) is 4.74 Å². The van der Waals surface area contributed by atoms with Gasteiger partial charge in [-0.25, -0.2) is 4.79 Å². The van der Waals surface area contributed by atoms with Crippen molar-refractivity contribution in [3.05, 3.63) is 11.6 Å². The molecular formula is C21H28O5. The lowest BCUT2D eigenvalue weighted by Gasteiger charge is -2.58. The Kier molecular flexibility index (Phi) is 3.87. The van der Waals surface area contributed by atoms with E-state index < -0.39 is 17.0 Å². The fourth-order valence-corrected chi connectivity index (χ4v) is 7.24. The zero-order valence-electron chi connectivity index (χ0n) is 15.6. The van der Waals surface area contributed by atoms with Gasteiger partial charge in [-0.05, 0) is 74.2 Å². The lowest BCUT2D eigenvalue weighted by Crippen LogP contribution is -2.58. The van der Waals surface area contributed by atoms with Gasteiger partial charge in [0.2, 0.25) is 5.60 Å². The molecule has 0 aromatic rings. The van der Waals surface area contributed by atoms with Crippen molar-refractivity contribution in [3.8, 4) is 0 Å². The number of ketones is 1. The van der Waals surface area contributed by atoms with Crippen molar-refractivity contribution >= 4 is 18.2 Å². The van der Waals surface area contributed by atoms with E-state index >= 15 is 0 Å². The van der Waals surface area contributed by atoms with Gasteiger partial charge < -0.3 is 9.84 Å². The molecule has 4 rings (SSSR count). The monoisotopic (exact) mass is 360 g/mol. The van der Waals surface area contributed by atoms with Crippen molar-refractivity contribution in [2.24, 2.45) is 28.6 Å². The largest absolute Gasteiger partial charge is 0.478 e. The normalized spacial score (nSPS) is 47.2. The minimum absolute atomic E-state index is 0.0676. The number of carboxylic acid groups (broad SMARTS) is 1. The Balaban J connectivity index is 1.70. The predicted octanol–water partition coefficient (Wildman–Crippen LogP) is 3.51. The summed E-state index contributed by atoms with van der Waals surface area (Å²) in [7, 11) is 0. The summed E-state index contributed by atoms with van der Waals surface area (Å²) in [6.07, 6.45) is 8.28. The summed E-state index contributed by atoms with van der Waals surface area (Å²) in [6, 6.07) is 0. The summed E-state index contributed by atoms with van der Waals surface area (Å²) in [5.41, 5.74) is -0.518. The third-order valence-electron chi connectivity index (χ3n) is 8.68. The van der Waals surface area contributed by atoms with E-state index in [1.165, 1.54) is 5.57 Å². The molecule has 0 aromatic heterocycles. The van der Waals surface area contributed by atoms with Gasteiger partial charge in [0.05, 0.1) is 0 Å². The van der Waals surface area contributed by atoms with Gasteiger partial charge in [0.25, 0.3) is 6.47 Å². The van der Waals surface area contributed by atoms with Crippen LogP contribution in [0.15, 0.2) is 11.6 Å². The molecule has 4 aliphatic rings. The molecule has 5 heteroatoms. The first kappa shape index (κ1) is 17.7. The zero-order chi connectivity index (χ0) is 18.7. The van der Waals surface area contributed by atoms with Gasteiger partial charge in [0.15, 0.2) is 5.78 Å². The summed E-state index contributed by atoms with van der Waals surface area (Å²) >= 11 is 0. The molecule has 0 spiro atoms. The maximum atomic E-state index is 12.1. The molecule has 1 unspecified atom stereocenters. The predicted molar refractivity (Wildman–Crippen MR) is 94.2 cm³/mol. The maximum Gasteiger partial charge on any atom is 0.348 e. The molecule has 26 heavy (non-hydrogen) atoms. The third-order valence-corrected chi connectivity index (χ3v) is 8.68. The molecule has 4 aliphatic carbocycles. The average Bonchev–Trinajstić information content (AvgIpc) is 2.90. The van der Waals surface area contributed by atoms with E-state index in [0.717, 1.165) is 38.5 Å². The highest BCUT2D eigenvalue weighted by Crippen LogP contribution is 2.68. The number of allylic oxidation sites excluding steroid dienone is 1. The van der Waals surface area contributed by atoms with Crippen LogP contribution in [0, 0.1) is 28.6 Å². The molecular weight excluding hydrogens is 332 g/mol. The van der Waals surface area contributed by atoms with Crippen molar-refractivity contribution in [1.82, 2.24) is 0 Å². The van der Waals surface area contributed by atoms with Crippen LogP contribution in [0.4, 0.5) is 0 Å². The molecule has 142 valence electrons. The summed E-state index contributed by atoms with van der Waals surface area (Å²) < 4.78 is 5.31. The SMILES string of the molecule is C[C@]12CCC(=O)C=C1CC[C@@H]1[C@H]2CC[C@@]2(C)[C@H]1CCC2(OC=O)C(=O)O. The highest BCUT2D eigenvalue weighted by atomic mass is 16.6. The first-order valence-electron chi connectivity index (χ1n) is 9.87. The lowest BCUT2D eigenvalue weighted by molar-refractivity contribution is -0.194. The van der Waals surface area contributed by atoms with Crippen molar-refractivity contribution in [3.63, 3.8) is 0 Å². The molecule has 3 fully saturated rings. The smallest absolute Gasteiger partial charge is 0.348 e. The average molecular weight is 360 g/mol. The van der Waals surface area contributed by atoms with Gasteiger partial charge in [-0.1, -0.05) is 19.4 Å². The number of rotatable bonds is 3. The molecule has 1 N–H and O–H groups in total. The van der Waals surface area contributed by atoms with Crippen LogP contribution in [0.2, 0.25) is 0 Å². The van der Waals surface area contributed by atoms with Crippen LogP contribution in [-0.2, 0) is 19.1 Å². The van der Waals surface area contributed by atoms with Crippen LogP contribution < -0.4 is 0 Å². The second-order valence-corrected chi connectivity index (χ2v) is 9.31. The Labute approximate surface area is 154 Å². The minimum atomic E-state index is -1.38. The summed E-state index contributed by atoms with van der Waals surface area (Å²) in [4.78, 5) is 35.1. The number of ether oxygens (including phenoxy) is 1. The van der Waals surface area contributed by atoms with E-state index in [9.17, 15) is 19.5 Å². The highest BCUT2D eigenvalue weighted by molar-refractivity contribution is 5.91. The zero-order valence-corrected chi connectivity index (χ0v) is 15.6. The Bertz CT molecular complexity index is 697. The number of carbonyl (C=O) groups is 3. The van der Waals surface area contributed by atoms with Gasteiger partial charge in [0, 0.05) is 11.8 Å². The second kappa shape index (κ2) is 5.67. The number of hydrogen-bond donors (Lipinski definition) is 1. The van der Waals surface area contributed by atoms with Gasteiger partial charge in [0.1, 0.15) is 0 Å². The van der Waals surface area contributed by atoms with Crippen molar-refractivity contribution in [2.75, 3.05) is 0 Å². The topological polar surface area (TPSA) is 80.7 Å². The molecule has 3 saturated carbocycles. The van der Waals surface area contributed by atoms with Gasteiger partial charge in [-0.15, -0.1) is 0 Å². The standard InChI is InChI=1S/C21H28O5/c1-19-8-5-14(23)11-13(19)3-4-15-16(19)6-9-20(2)17(15)7-10-21(20,18(24)25)26-12-22/h11-12,15-17H,3-10H2,1-2H3,(H,24,25)/t15-,16-,17+,19+,20+,21?/m1/s1. The number of fused-ring (bicyclic) bond motifs is 5. The van der Waals surface area contributed by atoms with Crippen LogP contribution in [0.3, 0.4) is 0 Å². The van der Waals surface area contributed by atoms with Crippen LogP contribution >= 0.6 is 0 Å². The van der Waals surface area contributed by atoms with Gasteiger partial charge in [-0.3, -0.25) is 9.59 Å². The lowest BCUT2D eigenvalue weighted by atomic mass is 9.46. The fraction of sp³-hybridized carbons (Fsp3) is 0.762. The second-order valence-electron chi connectivity index (χ2n) is 9.31. The molecule has 5 nitrogen and oxygen atoms in total. The van der Waals surface area contributed by atoms with Gasteiger partial charge >= 0.3 is 5.97 Å². The fourth-order valence-electron chi connectivity index (χ4n) is 7.24. The Morgan fingerprint density at radius 3 is 2.58 bits per heavy atom. The quantitative estimate of drug-likeness (QED) is 0.779. The van der Waals surface area contributed by atoms with Gasteiger partial charge in [-0.2, -0.15) is 0 Å². The number of carbonyl (C=O) groups excluding carboxylic acids is 2. The molecule has 0 aliphatic heterocycles. The Morgan fingerprint density at radius 1 is 1.15 bits per heavy atom. The van der Waals surface area contributed by atoms with Crippen molar-refractivity contribution in [1.29, 1.82) is 0 Å².